The highest BCUT2D eigenvalue weighted by Crippen LogP contribution is 2.16. The second kappa shape index (κ2) is 5.82. The summed E-state index contributed by atoms with van der Waals surface area (Å²) in [6.07, 6.45) is 4.30. The van der Waals surface area contributed by atoms with Gasteiger partial charge in [0.2, 0.25) is 0 Å². The Morgan fingerprint density at radius 1 is 1.50 bits per heavy atom. The third kappa shape index (κ3) is 2.98. The molecule has 0 aliphatic carbocycles. The summed E-state index contributed by atoms with van der Waals surface area (Å²) in [5.74, 6) is 0.0265. The molecule has 0 amide bonds. The average molecular weight is 247 g/mol. The Morgan fingerprint density at radius 2 is 2.22 bits per heavy atom. The van der Waals surface area contributed by atoms with E-state index in [9.17, 15) is 0 Å². The first kappa shape index (κ1) is 12.8. The number of nitrogens with zero attached hydrogens (tertiary/aromatic N) is 3. The van der Waals surface area contributed by atoms with E-state index in [1.807, 2.05) is 19.2 Å². The van der Waals surface area contributed by atoms with E-state index in [0.29, 0.717) is 5.69 Å². The van der Waals surface area contributed by atoms with Gasteiger partial charge in [-0.05, 0) is 38.1 Å². The zero-order valence-corrected chi connectivity index (χ0v) is 10.9. The number of nitrogens with two attached hydrogens (primary N) is 1. The quantitative estimate of drug-likeness (QED) is 0.599. The van der Waals surface area contributed by atoms with E-state index in [4.69, 9.17) is 11.1 Å². The fourth-order valence-corrected chi connectivity index (χ4v) is 2.33. The van der Waals surface area contributed by atoms with E-state index >= 15 is 0 Å². The molecule has 0 atom stereocenters. The number of nitrogens with one attached hydrogen (secondary N) is 1. The highest BCUT2D eigenvalue weighted by Gasteiger charge is 2.14. The first-order chi connectivity index (χ1) is 8.68. The lowest BCUT2D eigenvalue weighted by Crippen LogP contribution is -2.32. The maximum absolute atomic E-state index is 7.55. The summed E-state index contributed by atoms with van der Waals surface area (Å²) >= 11 is 0. The number of amidine groups is 1. The van der Waals surface area contributed by atoms with Crippen LogP contribution in [0.5, 0.6) is 0 Å². The Kier molecular flexibility index (Phi) is 4.15. The highest BCUT2D eigenvalue weighted by atomic mass is 15.2. The number of hydrogen-bond donors (Lipinski definition) is 2. The molecule has 5 heteroatoms. The van der Waals surface area contributed by atoms with Crippen molar-refractivity contribution in [3.8, 4) is 0 Å². The van der Waals surface area contributed by atoms with Gasteiger partial charge >= 0.3 is 0 Å². The van der Waals surface area contributed by atoms with Gasteiger partial charge in [-0.3, -0.25) is 10.4 Å². The summed E-state index contributed by atoms with van der Waals surface area (Å²) in [6.45, 7) is 4.41. The first-order valence-electron chi connectivity index (χ1n) is 6.41. The second-order valence-electron chi connectivity index (χ2n) is 4.76. The van der Waals surface area contributed by atoms with E-state index in [-0.39, 0.29) is 5.84 Å². The zero-order valence-electron chi connectivity index (χ0n) is 10.9. The van der Waals surface area contributed by atoms with E-state index in [1.54, 1.807) is 6.20 Å². The standard InChI is InChI=1S/C13H21N5/c1-17(9-10-18-7-2-3-8-18)11-5-4-6-16-12(11)13(14)15/h4-6H,2-3,7-10H2,1H3,(H3,14,15). The Hall–Kier alpha value is -1.62. The molecule has 0 spiro atoms. The van der Waals surface area contributed by atoms with Crippen molar-refractivity contribution in [1.82, 2.24) is 9.88 Å². The Labute approximate surface area is 108 Å². The molecule has 1 aliphatic rings. The molecule has 98 valence electrons. The van der Waals surface area contributed by atoms with Crippen molar-refractivity contribution in [2.75, 3.05) is 38.1 Å². The summed E-state index contributed by atoms with van der Waals surface area (Å²) in [5, 5.41) is 7.55. The highest BCUT2D eigenvalue weighted by molar-refractivity contribution is 5.98. The van der Waals surface area contributed by atoms with E-state index in [2.05, 4.69) is 14.8 Å². The van der Waals surface area contributed by atoms with Crippen LogP contribution in [0.15, 0.2) is 18.3 Å². The van der Waals surface area contributed by atoms with Crippen molar-refractivity contribution in [3.05, 3.63) is 24.0 Å². The number of rotatable bonds is 5. The largest absolute Gasteiger partial charge is 0.382 e. The molecular weight excluding hydrogens is 226 g/mol. The topological polar surface area (TPSA) is 69.2 Å². The Bertz CT molecular complexity index is 412. The van der Waals surface area contributed by atoms with Gasteiger partial charge in [-0.1, -0.05) is 0 Å². The predicted octanol–water partition coefficient (Wildman–Crippen LogP) is 0.898. The number of anilines is 1. The number of likely N-dealkylation sites (N-methyl/N-ethyl adjacent to an activating group) is 1. The number of pyridine rings is 1. The minimum atomic E-state index is 0.0265. The van der Waals surface area contributed by atoms with Gasteiger partial charge in [0.15, 0.2) is 0 Å². The molecule has 1 fully saturated rings. The molecule has 18 heavy (non-hydrogen) atoms. The van der Waals surface area contributed by atoms with Crippen LogP contribution in [-0.4, -0.2) is 48.9 Å². The SMILES string of the molecule is CN(CCN1CCCC1)c1cccnc1C(=N)N. The third-order valence-electron chi connectivity index (χ3n) is 3.40. The van der Waals surface area contributed by atoms with Gasteiger partial charge in [0.1, 0.15) is 11.5 Å². The van der Waals surface area contributed by atoms with Crippen LogP contribution >= 0.6 is 0 Å². The fraction of sp³-hybridized carbons (Fsp3) is 0.538. The van der Waals surface area contributed by atoms with E-state index in [1.165, 1.54) is 25.9 Å². The van der Waals surface area contributed by atoms with Gasteiger partial charge in [0, 0.05) is 26.3 Å². The third-order valence-corrected chi connectivity index (χ3v) is 3.40. The Balaban J connectivity index is 1.99. The molecule has 0 saturated carbocycles. The average Bonchev–Trinajstić information content (AvgIpc) is 2.89. The molecule has 5 nitrogen and oxygen atoms in total. The first-order valence-corrected chi connectivity index (χ1v) is 6.41. The van der Waals surface area contributed by atoms with E-state index < -0.39 is 0 Å². The molecule has 1 aromatic heterocycles. The van der Waals surface area contributed by atoms with Crippen LogP contribution < -0.4 is 10.6 Å². The second-order valence-corrected chi connectivity index (χ2v) is 4.76. The van der Waals surface area contributed by atoms with E-state index in [0.717, 1.165) is 18.8 Å². The summed E-state index contributed by atoms with van der Waals surface area (Å²) < 4.78 is 0. The molecule has 1 aliphatic heterocycles. The number of likely N-dealkylation sites (tertiary alicyclic amines) is 1. The van der Waals surface area contributed by atoms with Crippen molar-refractivity contribution in [2.45, 2.75) is 12.8 Å². The molecule has 0 unspecified atom stereocenters. The van der Waals surface area contributed by atoms with Crippen molar-refractivity contribution >= 4 is 11.5 Å². The van der Waals surface area contributed by atoms with Crippen LogP contribution in [-0.2, 0) is 0 Å². The molecular formula is C13H21N5. The number of hydrogen-bond acceptors (Lipinski definition) is 4. The van der Waals surface area contributed by atoms with Gasteiger partial charge < -0.3 is 15.5 Å². The zero-order chi connectivity index (χ0) is 13.0. The number of nitrogen functional groups attached to an aromatic ring is 1. The number of aromatic nitrogens is 1. The summed E-state index contributed by atoms with van der Waals surface area (Å²) in [4.78, 5) is 8.77. The molecule has 0 aromatic carbocycles. The van der Waals surface area contributed by atoms with Crippen LogP contribution in [0.3, 0.4) is 0 Å². The van der Waals surface area contributed by atoms with Gasteiger partial charge in [0.05, 0.1) is 5.69 Å². The molecule has 1 saturated heterocycles. The predicted molar refractivity (Wildman–Crippen MR) is 74.2 cm³/mol. The molecule has 3 N–H and O–H groups in total. The lowest BCUT2D eigenvalue weighted by molar-refractivity contribution is 0.346. The molecule has 2 heterocycles. The molecule has 2 rings (SSSR count). The lowest BCUT2D eigenvalue weighted by atomic mass is 10.2. The maximum Gasteiger partial charge on any atom is 0.143 e. The van der Waals surface area contributed by atoms with Crippen molar-refractivity contribution in [3.63, 3.8) is 0 Å². The van der Waals surface area contributed by atoms with Crippen LogP contribution in [0.25, 0.3) is 0 Å². The van der Waals surface area contributed by atoms with Crippen molar-refractivity contribution in [1.29, 1.82) is 5.41 Å². The van der Waals surface area contributed by atoms with Gasteiger partial charge in [-0.15, -0.1) is 0 Å². The smallest absolute Gasteiger partial charge is 0.143 e. The lowest BCUT2D eigenvalue weighted by Gasteiger charge is -2.24. The van der Waals surface area contributed by atoms with Crippen molar-refractivity contribution < 1.29 is 0 Å². The monoisotopic (exact) mass is 247 g/mol. The Morgan fingerprint density at radius 3 is 2.89 bits per heavy atom. The summed E-state index contributed by atoms with van der Waals surface area (Å²) in [5.41, 5.74) is 7.06. The molecule has 0 radical (unpaired) electrons. The molecule has 1 aromatic rings. The van der Waals surface area contributed by atoms with Gasteiger partial charge in [-0.2, -0.15) is 0 Å². The maximum atomic E-state index is 7.55. The van der Waals surface area contributed by atoms with Crippen molar-refractivity contribution in [2.24, 2.45) is 5.73 Å². The fourth-order valence-electron chi connectivity index (χ4n) is 2.33. The minimum Gasteiger partial charge on any atom is -0.382 e. The van der Waals surface area contributed by atoms with Gasteiger partial charge in [0.25, 0.3) is 0 Å². The van der Waals surface area contributed by atoms with Gasteiger partial charge in [-0.25, -0.2) is 0 Å². The summed E-state index contributed by atoms with van der Waals surface area (Å²) in [7, 11) is 2.03. The van der Waals surface area contributed by atoms with Crippen LogP contribution in [0, 0.1) is 5.41 Å². The normalized spacial score (nSPS) is 15.8. The molecule has 0 bridgehead atoms. The minimum absolute atomic E-state index is 0.0265. The van der Waals surface area contributed by atoms with Crippen LogP contribution in [0.4, 0.5) is 5.69 Å². The summed E-state index contributed by atoms with van der Waals surface area (Å²) in [6, 6.07) is 3.85. The van der Waals surface area contributed by atoms with Crippen LogP contribution in [0.1, 0.15) is 18.5 Å². The van der Waals surface area contributed by atoms with Crippen LogP contribution in [0.2, 0.25) is 0 Å².